The number of amides is 2. The second kappa shape index (κ2) is 8.81. The van der Waals surface area contributed by atoms with Crippen molar-refractivity contribution in [2.24, 2.45) is 0 Å². The maximum absolute atomic E-state index is 12.8. The first-order valence-corrected chi connectivity index (χ1v) is 10.4. The van der Waals surface area contributed by atoms with E-state index in [9.17, 15) is 4.79 Å². The Balaban J connectivity index is 1.79. The van der Waals surface area contributed by atoms with Crippen LogP contribution in [0.4, 0.5) is 4.79 Å². The molecule has 2 amide bonds. The molecular formula is C23H23ClN4O3. The highest BCUT2D eigenvalue weighted by Gasteiger charge is 2.35. The number of hydrogen-bond acceptors (Lipinski definition) is 5. The van der Waals surface area contributed by atoms with Gasteiger partial charge in [-0.1, -0.05) is 35.8 Å². The molecule has 0 bridgehead atoms. The van der Waals surface area contributed by atoms with Crippen molar-refractivity contribution in [2.75, 3.05) is 13.7 Å². The van der Waals surface area contributed by atoms with Crippen molar-refractivity contribution in [2.45, 2.75) is 26.3 Å². The summed E-state index contributed by atoms with van der Waals surface area (Å²) in [6, 6.07) is 14.2. The van der Waals surface area contributed by atoms with Gasteiger partial charge in [0.2, 0.25) is 5.82 Å². The fraction of sp³-hybridized carbons (Fsp3) is 0.261. The van der Waals surface area contributed by atoms with Gasteiger partial charge in [0.1, 0.15) is 5.75 Å². The zero-order valence-electron chi connectivity index (χ0n) is 17.6. The molecule has 160 valence electrons. The van der Waals surface area contributed by atoms with E-state index in [0.717, 1.165) is 34.6 Å². The molecule has 7 nitrogen and oxygen atoms in total. The van der Waals surface area contributed by atoms with Gasteiger partial charge in [-0.2, -0.15) is 4.98 Å². The molecule has 2 heterocycles. The molecule has 1 aromatic heterocycles. The Morgan fingerprint density at radius 1 is 1.23 bits per heavy atom. The summed E-state index contributed by atoms with van der Waals surface area (Å²) in [7, 11) is 1.62. The molecule has 0 fully saturated rings. The molecule has 8 heteroatoms. The second-order valence-electron chi connectivity index (χ2n) is 7.24. The Kier molecular flexibility index (Phi) is 5.95. The first kappa shape index (κ1) is 20.9. The summed E-state index contributed by atoms with van der Waals surface area (Å²) in [5, 5.41) is 7.82. The van der Waals surface area contributed by atoms with Crippen LogP contribution in [-0.4, -0.2) is 34.7 Å². The number of urea groups is 1. The van der Waals surface area contributed by atoms with E-state index in [1.807, 2.05) is 56.3 Å². The Labute approximate surface area is 185 Å². The van der Waals surface area contributed by atoms with E-state index in [4.69, 9.17) is 20.9 Å². The number of nitrogens with one attached hydrogen (secondary N) is 1. The SMILES string of the molecule is CCCN1C(=O)NC(c2cccc(Cl)c2)C(c2nc(-c3ccc(OC)cc3)no2)=C1C. The monoisotopic (exact) mass is 438 g/mol. The van der Waals surface area contributed by atoms with E-state index in [0.29, 0.717) is 23.3 Å². The largest absolute Gasteiger partial charge is 0.497 e. The molecular weight excluding hydrogens is 416 g/mol. The van der Waals surface area contributed by atoms with Gasteiger partial charge < -0.3 is 14.6 Å². The summed E-state index contributed by atoms with van der Waals surface area (Å²) in [5.41, 5.74) is 3.18. The van der Waals surface area contributed by atoms with Gasteiger partial charge in [0.15, 0.2) is 0 Å². The van der Waals surface area contributed by atoms with E-state index in [1.54, 1.807) is 18.1 Å². The van der Waals surface area contributed by atoms with Gasteiger partial charge in [0, 0.05) is 22.8 Å². The standard InChI is InChI=1S/C23H23ClN4O3/c1-4-12-28-14(2)19(20(25-23(28)29)16-6-5-7-17(24)13-16)22-26-21(27-31-22)15-8-10-18(30-3)11-9-15/h5-11,13,20H,4,12H2,1-3H3,(H,25,29). The van der Waals surface area contributed by atoms with Crippen molar-refractivity contribution in [3.05, 3.63) is 70.7 Å². The number of benzene rings is 2. The molecule has 31 heavy (non-hydrogen) atoms. The topological polar surface area (TPSA) is 80.5 Å². The van der Waals surface area contributed by atoms with E-state index >= 15 is 0 Å². The minimum atomic E-state index is -0.455. The summed E-state index contributed by atoms with van der Waals surface area (Å²) < 4.78 is 10.9. The van der Waals surface area contributed by atoms with Gasteiger partial charge in [-0.15, -0.1) is 0 Å². The number of rotatable bonds is 6. The van der Waals surface area contributed by atoms with Crippen LogP contribution in [0, 0.1) is 0 Å². The van der Waals surface area contributed by atoms with Crippen LogP contribution in [0.3, 0.4) is 0 Å². The third-order valence-electron chi connectivity index (χ3n) is 5.23. The lowest BCUT2D eigenvalue weighted by Crippen LogP contribution is -2.46. The van der Waals surface area contributed by atoms with Gasteiger partial charge in [0.05, 0.1) is 18.7 Å². The Bertz CT molecular complexity index is 1120. The fourth-order valence-corrected chi connectivity index (χ4v) is 3.88. The highest BCUT2D eigenvalue weighted by molar-refractivity contribution is 6.30. The van der Waals surface area contributed by atoms with E-state index < -0.39 is 6.04 Å². The molecule has 1 aliphatic rings. The van der Waals surface area contributed by atoms with Crippen LogP contribution in [0.2, 0.25) is 5.02 Å². The molecule has 1 unspecified atom stereocenters. The number of halogens is 1. The molecule has 2 aromatic carbocycles. The minimum absolute atomic E-state index is 0.164. The first-order valence-electron chi connectivity index (χ1n) is 10.0. The van der Waals surface area contributed by atoms with Crippen molar-refractivity contribution in [3.8, 4) is 17.1 Å². The maximum Gasteiger partial charge on any atom is 0.322 e. The summed E-state index contributed by atoms with van der Waals surface area (Å²) in [4.78, 5) is 19.1. The van der Waals surface area contributed by atoms with E-state index in [2.05, 4.69) is 15.5 Å². The third kappa shape index (κ3) is 4.14. The Morgan fingerprint density at radius 3 is 2.68 bits per heavy atom. The average molecular weight is 439 g/mol. The molecule has 1 aliphatic heterocycles. The highest BCUT2D eigenvalue weighted by atomic mass is 35.5. The zero-order valence-corrected chi connectivity index (χ0v) is 18.3. The van der Waals surface area contributed by atoms with Crippen molar-refractivity contribution in [3.63, 3.8) is 0 Å². The van der Waals surface area contributed by atoms with Crippen molar-refractivity contribution < 1.29 is 14.1 Å². The van der Waals surface area contributed by atoms with Crippen molar-refractivity contribution in [1.82, 2.24) is 20.4 Å². The molecule has 1 N–H and O–H groups in total. The van der Waals surface area contributed by atoms with Crippen LogP contribution in [0.15, 0.2) is 58.8 Å². The molecule has 0 saturated heterocycles. The van der Waals surface area contributed by atoms with Gasteiger partial charge in [-0.05, 0) is 55.3 Å². The molecule has 0 spiro atoms. The third-order valence-corrected chi connectivity index (χ3v) is 5.47. The lowest BCUT2D eigenvalue weighted by Gasteiger charge is -2.35. The molecule has 0 saturated carbocycles. The lowest BCUT2D eigenvalue weighted by atomic mass is 9.94. The minimum Gasteiger partial charge on any atom is -0.497 e. The predicted molar refractivity (Wildman–Crippen MR) is 119 cm³/mol. The Hall–Kier alpha value is -3.32. The number of ether oxygens (including phenoxy) is 1. The van der Waals surface area contributed by atoms with E-state index in [-0.39, 0.29) is 6.03 Å². The predicted octanol–water partition coefficient (Wildman–Crippen LogP) is 5.31. The number of nitrogens with zero attached hydrogens (tertiary/aromatic N) is 3. The van der Waals surface area contributed by atoms with Crippen LogP contribution < -0.4 is 10.1 Å². The first-order chi connectivity index (χ1) is 15.0. The van der Waals surface area contributed by atoms with Crippen LogP contribution in [0.5, 0.6) is 5.75 Å². The summed E-state index contributed by atoms with van der Waals surface area (Å²) in [6.45, 7) is 4.51. The highest BCUT2D eigenvalue weighted by Crippen LogP contribution is 2.38. The summed E-state index contributed by atoms with van der Waals surface area (Å²) in [6.07, 6.45) is 0.820. The van der Waals surface area contributed by atoms with Crippen molar-refractivity contribution >= 4 is 23.2 Å². The zero-order chi connectivity index (χ0) is 22.0. The van der Waals surface area contributed by atoms with Gasteiger partial charge >= 0.3 is 6.03 Å². The van der Waals surface area contributed by atoms with Crippen LogP contribution >= 0.6 is 11.6 Å². The number of allylic oxidation sites excluding steroid dienone is 1. The quantitative estimate of drug-likeness (QED) is 0.564. The fourth-order valence-electron chi connectivity index (χ4n) is 3.68. The van der Waals surface area contributed by atoms with E-state index in [1.165, 1.54) is 0 Å². The summed E-state index contributed by atoms with van der Waals surface area (Å²) in [5.74, 6) is 1.56. The van der Waals surface area contributed by atoms with Crippen LogP contribution in [0.25, 0.3) is 17.0 Å². The second-order valence-corrected chi connectivity index (χ2v) is 7.68. The van der Waals surface area contributed by atoms with Gasteiger partial charge in [0.25, 0.3) is 5.89 Å². The Morgan fingerprint density at radius 2 is 2.00 bits per heavy atom. The molecule has 0 radical (unpaired) electrons. The molecule has 0 aliphatic carbocycles. The number of methoxy groups -OCH3 is 1. The smallest absolute Gasteiger partial charge is 0.322 e. The number of aromatic nitrogens is 2. The number of carbonyl (C=O) groups is 1. The molecule has 1 atom stereocenters. The maximum atomic E-state index is 12.8. The van der Waals surface area contributed by atoms with Gasteiger partial charge in [-0.25, -0.2) is 4.79 Å². The molecule has 4 rings (SSSR count). The van der Waals surface area contributed by atoms with Crippen LogP contribution in [0.1, 0.15) is 37.8 Å². The number of hydrogen-bond donors (Lipinski definition) is 1. The summed E-state index contributed by atoms with van der Waals surface area (Å²) >= 11 is 6.22. The van der Waals surface area contributed by atoms with Gasteiger partial charge in [-0.3, -0.25) is 4.90 Å². The van der Waals surface area contributed by atoms with Crippen LogP contribution in [-0.2, 0) is 0 Å². The average Bonchev–Trinajstić information content (AvgIpc) is 3.26. The normalized spacial score (nSPS) is 16.5. The number of carbonyl (C=O) groups excluding carboxylic acids is 1. The molecule has 3 aromatic rings. The van der Waals surface area contributed by atoms with Crippen molar-refractivity contribution in [1.29, 1.82) is 0 Å². The lowest BCUT2D eigenvalue weighted by molar-refractivity contribution is 0.205.